The van der Waals surface area contributed by atoms with E-state index >= 15 is 0 Å². The second-order valence-corrected chi connectivity index (χ2v) is 6.11. The predicted molar refractivity (Wildman–Crippen MR) is 88.3 cm³/mol. The standard InChI is InChI=1S/C16H24N6O2/c1-4-21-7-9-22(10-8-21)15(23)6-5-14-17-18-16(24-14)13-11-12(2)19-20(13)3/h11H,4-10H2,1-3H3. The summed E-state index contributed by atoms with van der Waals surface area (Å²) < 4.78 is 7.39. The van der Waals surface area contributed by atoms with E-state index in [1.807, 2.05) is 24.9 Å². The van der Waals surface area contributed by atoms with Crippen molar-refractivity contribution in [3.63, 3.8) is 0 Å². The fourth-order valence-electron chi connectivity index (χ4n) is 2.95. The summed E-state index contributed by atoms with van der Waals surface area (Å²) >= 11 is 0. The van der Waals surface area contributed by atoms with Crippen molar-refractivity contribution in [3.8, 4) is 11.6 Å². The Labute approximate surface area is 141 Å². The maximum atomic E-state index is 12.3. The second kappa shape index (κ2) is 7.12. The molecule has 0 bridgehead atoms. The zero-order valence-corrected chi connectivity index (χ0v) is 14.5. The molecule has 0 atom stereocenters. The zero-order chi connectivity index (χ0) is 17.1. The van der Waals surface area contributed by atoms with Crippen LogP contribution in [-0.4, -0.2) is 68.4 Å². The molecule has 0 radical (unpaired) electrons. The Balaban J connectivity index is 1.54. The lowest BCUT2D eigenvalue weighted by Gasteiger charge is -2.34. The Morgan fingerprint density at radius 3 is 2.62 bits per heavy atom. The van der Waals surface area contributed by atoms with Gasteiger partial charge in [0.1, 0.15) is 5.69 Å². The van der Waals surface area contributed by atoms with Crippen LogP contribution in [0.15, 0.2) is 10.5 Å². The fourth-order valence-corrected chi connectivity index (χ4v) is 2.95. The SMILES string of the molecule is CCN1CCN(C(=O)CCc2nnc(-c3cc(C)nn3C)o2)CC1. The van der Waals surface area contributed by atoms with Crippen LogP contribution in [0.25, 0.3) is 11.6 Å². The van der Waals surface area contributed by atoms with Crippen molar-refractivity contribution in [3.05, 3.63) is 17.7 Å². The van der Waals surface area contributed by atoms with Crippen LogP contribution in [0, 0.1) is 6.92 Å². The summed E-state index contributed by atoms with van der Waals surface area (Å²) in [4.78, 5) is 16.6. The molecule has 8 nitrogen and oxygen atoms in total. The molecule has 1 saturated heterocycles. The Hall–Kier alpha value is -2.22. The average molecular weight is 332 g/mol. The van der Waals surface area contributed by atoms with Crippen LogP contribution >= 0.6 is 0 Å². The molecule has 8 heteroatoms. The van der Waals surface area contributed by atoms with E-state index in [1.165, 1.54) is 0 Å². The van der Waals surface area contributed by atoms with Crippen LogP contribution in [0.4, 0.5) is 0 Å². The molecule has 1 aliphatic heterocycles. The van der Waals surface area contributed by atoms with Gasteiger partial charge in [0.05, 0.1) is 5.69 Å². The minimum atomic E-state index is 0.155. The van der Waals surface area contributed by atoms with Crippen LogP contribution in [0.1, 0.15) is 24.9 Å². The number of piperazine rings is 1. The molecule has 0 N–H and O–H groups in total. The van der Waals surface area contributed by atoms with Gasteiger partial charge in [-0.25, -0.2) is 0 Å². The van der Waals surface area contributed by atoms with E-state index in [0.717, 1.165) is 44.1 Å². The Morgan fingerprint density at radius 2 is 2.00 bits per heavy atom. The number of hydrogen-bond acceptors (Lipinski definition) is 6. The van der Waals surface area contributed by atoms with Gasteiger partial charge in [0.25, 0.3) is 5.89 Å². The topological polar surface area (TPSA) is 80.3 Å². The molecule has 24 heavy (non-hydrogen) atoms. The lowest BCUT2D eigenvalue weighted by Crippen LogP contribution is -2.48. The molecule has 0 aliphatic carbocycles. The normalized spacial score (nSPS) is 15.9. The van der Waals surface area contributed by atoms with Crippen molar-refractivity contribution in [2.45, 2.75) is 26.7 Å². The summed E-state index contributed by atoms with van der Waals surface area (Å²) in [5.41, 5.74) is 1.68. The first kappa shape index (κ1) is 16.6. The van der Waals surface area contributed by atoms with Crippen molar-refractivity contribution in [1.82, 2.24) is 29.8 Å². The van der Waals surface area contributed by atoms with Gasteiger partial charge in [-0.2, -0.15) is 5.10 Å². The highest BCUT2D eigenvalue weighted by Gasteiger charge is 2.21. The van der Waals surface area contributed by atoms with Gasteiger partial charge in [-0.05, 0) is 19.5 Å². The number of likely N-dealkylation sites (N-methyl/N-ethyl adjacent to an activating group) is 1. The van der Waals surface area contributed by atoms with Gasteiger partial charge >= 0.3 is 0 Å². The molecule has 1 amide bonds. The maximum Gasteiger partial charge on any atom is 0.265 e. The third kappa shape index (κ3) is 3.64. The summed E-state index contributed by atoms with van der Waals surface area (Å²) in [6, 6.07) is 1.90. The molecule has 3 heterocycles. The number of aryl methyl sites for hydroxylation is 3. The molecule has 1 aliphatic rings. The number of hydrogen-bond donors (Lipinski definition) is 0. The first-order valence-corrected chi connectivity index (χ1v) is 8.40. The quantitative estimate of drug-likeness (QED) is 0.808. The van der Waals surface area contributed by atoms with E-state index in [0.29, 0.717) is 24.6 Å². The first-order valence-electron chi connectivity index (χ1n) is 8.40. The van der Waals surface area contributed by atoms with Gasteiger partial charge in [0, 0.05) is 46.1 Å². The number of nitrogens with zero attached hydrogens (tertiary/aromatic N) is 6. The van der Waals surface area contributed by atoms with Gasteiger partial charge in [0.15, 0.2) is 0 Å². The predicted octanol–water partition coefficient (Wildman–Crippen LogP) is 0.875. The highest BCUT2D eigenvalue weighted by molar-refractivity contribution is 5.76. The molecule has 2 aromatic rings. The molecule has 0 unspecified atom stereocenters. The van der Waals surface area contributed by atoms with Crippen LogP contribution in [0.5, 0.6) is 0 Å². The van der Waals surface area contributed by atoms with Gasteiger partial charge in [-0.15, -0.1) is 10.2 Å². The third-order valence-corrected chi connectivity index (χ3v) is 4.41. The monoisotopic (exact) mass is 332 g/mol. The molecule has 0 saturated carbocycles. The number of carbonyl (C=O) groups excluding carboxylic acids is 1. The Kier molecular flexibility index (Phi) is 4.94. The molecular formula is C16H24N6O2. The van der Waals surface area contributed by atoms with Gasteiger partial charge in [-0.3, -0.25) is 9.48 Å². The fraction of sp³-hybridized carbons (Fsp3) is 0.625. The molecule has 0 aromatic carbocycles. The number of amides is 1. The smallest absolute Gasteiger partial charge is 0.265 e. The summed E-state index contributed by atoms with van der Waals surface area (Å²) in [7, 11) is 1.84. The first-order chi connectivity index (χ1) is 11.6. The summed E-state index contributed by atoms with van der Waals surface area (Å²) in [5.74, 6) is 1.09. The maximum absolute atomic E-state index is 12.3. The van der Waals surface area contributed by atoms with Crippen molar-refractivity contribution < 1.29 is 9.21 Å². The molecular weight excluding hydrogens is 308 g/mol. The Morgan fingerprint density at radius 1 is 1.25 bits per heavy atom. The summed E-state index contributed by atoms with van der Waals surface area (Å²) in [6.45, 7) is 8.61. The summed E-state index contributed by atoms with van der Waals surface area (Å²) in [6.07, 6.45) is 0.870. The van der Waals surface area contributed by atoms with Gasteiger partial charge in [-0.1, -0.05) is 6.92 Å². The molecule has 0 spiro atoms. The van der Waals surface area contributed by atoms with Gasteiger partial charge < -0.3 is 14.2 Å². The van der Waals surface area contributed by atoms with Crippen LogP contribution < -0.4 is 0 Å². The van der Waals surface area contributed by atoms with Crippen LogP contribution in [0.3, 0.4) is 0 Å². The van der Waals surface area contributed by atoms with E-state index in [1.54, 1.807) is 4.68 Å². The summed E-state index contributed by atoms with van der Waals surface area (Å²) in [5, 5.41) is 12.4. The number of rotatable bonds is 5. The molecule has 130 valence electrons. The minimum absolute atomic E-state index is 0.155. The Bertz CT molecular complexity index is 699. The number of aromatic nitrogens is 4. The molecule has 2 aromatic heterocycles. The van der Waals surface area contributed by atoms with Crippen molar-refractivity contribution in [1.29, 1.82) is 0 Å². The minimum Gasteiger partial charge on any atom is -0.419 e. The lowest BCUT2D eigenvalue weighted by molar-refractivity contribution is -0.132. The highest BCUT2D eigenvalue weighted by atomic mass is 16.4. The van der Waals surface area contributed by atoms with E-state index < -0.39 is 0 Å². The zero-order valence-electron chi connectivity index (χ0n) is 14.5. The number of carbonyl (C=O) groups is 1. The van der Waals surface area contributed by atoms with Crippen LogP contribution in [0.2, 0.25) is 0 Å². The van der Waals surface area contributed by atoms with Crippen molar-refractivity contribution in [2.24, 2.45) is 7.05 Å². The van der Waals surface area contributed by atoms with E-state index in [4.69, 9.17) is 4.42 Å². The van der Waals surface area contributed by atoms with E-state index in [9.17, 15) is 4.79 Å². The van der Waals surface area contributed by atoms with Crippen molar-refractivity contribution >= 4 is 5.91 Å². The van der Waals surface area contributed by atoms with Crippen LogP contribution in [-0.2, 0) is 18.3 Å². The van der Waals surface area contributed by atoms with Crippen molar-refractivity contribution in [2.75, 3.05) is 32.7 Å². The highest BCUT2D eigenvalue weighted by Crippen LogP contribution is 2.18. The largest absolute Gasteiger partial charge is 0.419 e. The lowest BCUT2D eigenvalue weighted by atomic mass is 10.2. The van der Waals surface area contributed by atoms with Gasteiger partial charge in [0.2, 0.25) is 11.8 Å². The third-order valence-electron chi connectivity index (χ3n) is 4.41. The molecule has 3 rings (SSSR count). The van der Waals surface area contributed by atoms with E-state index in [-0.39, 0.29) is 5.91 Å². The average Bonchev–Trinajstić information content (AvgIpc) is 3.18. The van der Waals surface area contributed by atoms with E-state index in [2.05, 4.69) is 27.1 Å². The molecule has 1 fully saturated rings. The second-order valence-electron chi connectivity index (χ2n) is 6.11.